The molecule has 1 aliphatic rings. The molecular formula is C13H13N3O. The first-order valence-electron chi connectivity index (χ1n) is 5.68. The molecule has 4 nitrogen and oxygen atoms in total. The summed E-state index contributed by atoms with van der Waals surface area (Å²) in [5.41, 5.74) is 2.91. The van der Waals surface area contributed by atoms with Crippen molar-refractivity contribution in [3.63, 3.8) is 0 Å². The Bertz CT molecular complexity index is 554. The van der Waals surface area contributed by atoms with Crippen LogP contribution >= 0.6 is 0 Å². The summed E-state index contributed by atoms with van der Waals surface area (Å²) < 4.78 is 0. The van der Waals surface area contributed by atoms with Crippen LogP contribution < -0.4 is 5.32 Å². The molecule has 4 heteroatoms. The van der Waals surface area contributed by atoms with Gasteiger partial charge in [-0.15, -0.1) is 0 Å². The molecule has 0 aliphatic carbocycles. The molecule has 86 valence electrons. The van der Waals surface area contributed by atoms with Crippen molar-refractivity contribution in [2.24, 2.45) is 0 Å². The summed E-state index contributed by atoms with van der Waals surface area (Å²) in [6.07, 6.45) is 2.83. The van der Waals surface area contributed by atoms with Crippen molar-refractivity contribution in [1.82, 2.24) is 15.3 Å². The summed E-state index contributed by atoms with van der Waals surface area (Å²) in [7, 11) is 0. The number of para-hydroxylation sites is 1. The van der Waals surface area contributed by atoms with Crippen LogP contribution in [0.4, 0.5) is 0 Å². The molecular weight excluding hydrogens is 214 g/mol. The van der Waals surface area contributed by atoms with E-state index >= 15 is 0 Å². The number of aromatic hydroxyl groups is 1. The summed E-state index contributed by atoms with van der Waals surface area (Å²) >= 11 is 0. The van der Waals surface area contributed by atoms with Crippen molar-refractivity contribution >= 4 is 0 Å². The minimum Gasteiger partial charge on any atom is -0.507 e. The Labute approximate surface area is 99.4 Å². The molecule has 0 bridgehead atoms. The van der Waals surface area contributed by atoms with Crippen LogP contribution in [-0.4, -0.2) is 21.6 Å². The maximum absolute atomic E-state index is 9.77. The standard InChI is InChI=1S/C13H13N3O/c17-12-4-2-1-3-10(12)13-15-7-9-5-6-14-8-11(9)16-13/h1-4,7,14,17H,5-6,8H2. The third-order valence-corrected chi connectivity index (χ3v) is 2.96. The lowest BCUT2D eigenvalue weighted by molar-refractivity contribution is 0.477. The zero-order valence-electron chi connectivity index (χ0n) is 9.35. The van der Waals surface area contributed by atoms with Gasteiger partial charge in [0.15, 0.2) is 5.82 Å². The van der Waals surface area contributed by atoms with Gasteiger partial charge in [0, 0.05) is 12.7 Å². The Morgan fingerprint density at radius 1 is 1.24 bits per heavy atom. The third-order valence-electron chi connectivity index (χ3n) is 2.96. The monoisotopic (exact) mass is 227 g/mol. The van der Waals surface area contributed by atoms with Crippen LogP contribution in [-0.2, 0) is 13.0 Å². The number of aromatic nitrogens is 2. The van der Waals surface area contributed by atoms with Gasteiger partial charge in [0.25, 0.3) is 0 Å². The van der Waals surface area contributed by atoms with Gasteiger partial charge in [0.1, 0.15) is 5.75 Å². The highest BCUT2D eigenvalue weighted by Gasteiger charge is 2.13. The predicted molar refractivity (Wildman–Crippen MR) is 64.5 cm³/mol. The Balaban J connectivity index is 2.07. The van der Waals surface area contributed by atoms with E-state index in [1.807, 2.05) is 18.3 Å². The molecule has 0 radical (unpaired) electrons. The van der Waals surface area contributed by atoms with E-state index in [1.54, 1.807) is 12.1 Å². The molecule has 0 spiro atoms. The lowest BCUT2D eigenvalue weighted by Gasteiger charge is -2.16. The van der Waals surface area contributed by atoms with E-state index < -0.39 is 0 Å². The zero-order valence-corrected chi connectivity index (χ0v) is 9.35. The number of fused-ring (bicyclic) bond motifs is 1. The largest absolute Gasteiger partial charge is 0.507 e. The van der Waals surface area contributed by atoms with Gasteiger partial charge in [0.05, 0.1) is 11.3 Å². The Morgan fingerprint density at radius 3 is 3.00 bits per heavy atom. The molecule has 0 saturated carbocycles. The molecule has 1 aliphatic heterocycles. The molecule has 0 unspecified atom stereocenters. The average molecular weight is 227 g/mol. The second-order valence-corrected chi connectivity index (χ2v) is 4.11. The van der Waals surface area contributed by atoms with Crippen molar-refractivity contribution in [2.75, 3.05) is 6.54 Å². The van der Waals surface area contributed by atoms with Gasteiger partial charge in [-0.2, -0.15) is 0 Å². The highest BCUT2D eigenvalue weighted by molar-refractivity contribution is 5.63. The summed E-state index contributed by atoms with van der Waals surface area (Å²) in [5.74, 6) is 0.807. The fourth-order valence-corrected chi connectivity index (χ4v) is 2.03. The van der Waals surface area contributed by atoms with Gasteiger partial charge in [0.2, 0.25) is 0 Å². The van der Waals surface area contributed by atoms with Gasteiger partial charge in [-0.05, 0) is 30.7 Å². The van der Waals surface area contributed by atoms with Gasteiger partial charge in [-0.25, -0.2) is 9.97 Å². The molecule has 0 amide bonds. The summed E-state index contributed by atoms with van der Waals surface area (Å²) in [4.78, 5) is 8.83. The lowest BCUT2D eigenvalue weighted by atomic mass is 10.1. The number of hydrogen-bond donors (Lipinski definition) is 2. The molecule has 1 aromatic heterocycles. The highest BCUT2D eigenvalue weighted by atomic mass is 16.3. The second-order valence-electron chi connectivity index (χ2n) is 4.11. The van der Waals surface area contributed by atoms with Crippen LogP contribution in [0.2, 0.25) is 0 Å². The van der Waals surface area contributed by atoms with E-state index in [9.17, 15) is 5.11 Å². The van der Waals surface area contributed by atoms with E-state index in [0.717, 1.165) is 25.2 Å². The molecule has 2 aromatic rings. The average Bonchev–Trinajstić information content (AvgIpc) is 2.39. The molecule has 17 heavy (non-hydrogen) atoms. The maximum Gasteiger partial charge on any atom is 0.163 e. The van der Waals surface area contributed by atoms with Crippen LogP contribution in [0, 0.1) is 0 Å². The van der Waals surface area contributed by atoms with E-state index in [4.69, 9.17) is 0 Å². The third kappa shape index (κ3) is 1.87. The molecule has 0 fully saturated rings. The SMILES string of the molecule is Oc1ccccc1-c1ncc2c(n1)CNCC2. The van der Waals surface area contributed by atoms with Crippen LogP contribution in [0.15, 0.2) is 30.5 Å². The van der Waals surface area contributed by atoms with Gasteiger partial charge in [-0.1, -0.05) is 12.1 Å². The first-order chi connectivity index (χ1) is 8.34. The quantitative estimate of drug-likeness (QED) is 0.775. The number of nitrogens with zero attached hydrogens (tertiary/aromatic N) is 2. The number of rotatable bonds is 1. The summed E-state index contributed by atoms with van der Waals surface area (Å²) in [6.45, 7) is 1.75. The Kier molecular flexibility index (Phi) is 2.49. The van der Waals surface area contributed by atoms with E-state index in [0.29, 0.717) is 11.4 Å². The molecule has 2 heterocycles. The van der Waals surface area contributed by atoms with Gasteiger partial charge >= 0.3 is 0 Å². The first kappa shape index (κ1) is 10.2. The van der Waals surface area contributed by atoms with Crippen LogP contribution in [0.1, 0.15) is 11.3 Å². The highest BCUT2D eigenvalue weighted by Crippen LogP contribution is 2.26. The zero-order chi connectivity index (χ0) is 11.7. The van der Waals surface area contributed by atoms with Crippen molar-refractivity contribution in [2.45, 2.75) is 13.0 Å². The minimum atomic E-state index is 0.219. The smallest absolute Gasteiger partial charge is 0.163 e. The van der Waals surface area contributed by atoms with Crippen molar-refractivity contribution in [3.05, 3.63) is 41.7 Å². The first-order valence-corrected chi connectivity index (χ1v) is 5.68. The maximum atomic E-state index is 9.77. The topological polar surface area (TPSA) is 58.0 Å². The molecule has 1 aromatic carbocycles. The van der Waals surface area contributed by atoms with E-state index in [2.05, 4.69) is 15.3 Å². The van der Waals surface area contributed by atoms with Crippen molar-refractivity contribution in [3.8, 4) is 17.1 Å². The minimum absolute atomic E-state index is 0.219. The van der Waals surface area contributed by atoms with Gasteiger partial charge < -0.3 is 10.4 Å². The van der Waals surface area contributed by atoms with E-state index in [-0.39, 0.29) is 5.75 Å². The Morgan fingerprint density at radius 2 is 2.12 bits per heavy atom. The van der Waals surface area contributed by atoms with E-state index in [1.165, 1.54) is 5.56 Å². The van der Waals surface area contributed by atoms with Crippen LogP contribution in [0.5, 0.6) is 5.75 Å². The Hall–Kier alpha value is -1.94. The second kappa shape index (κ2) is 4.14. The van der Waals surface area contributed by atoms with Crippen molar-refractivity contribution < 1.29 is 5.11 Å². The molecule has 3 rings (SSSR count). The normalized spacial score (nSPS) is 14.4. The molecule has 0 atom stereocenters. The number of benzene rings is 1. The molecule has 2 N–H and O–H groups in total. The van der Waals surface area contributed by atoms with Gasteiger partial charge in [-0.3, -0.25) is 0 Å². The predicted octanol–water partition coefficient (Wildman–Crippen LogP) is 1.49. The van der Waals surface area contributed by atoms with Crippen molar-refractivity contribution in [1.29, 1.82) is 0 Å². The molecule has 0 saturated heterocycles. The van der Waals surface area contributed by atoms with Crippen LogP contribution in [0.3, 0.4) is 0 Å². The van der Waals surface area contributed by atoms with Crippen LogP contribution in [0.25, 0.3) is 11.4 Å². The summed E-state index contributed by atoms with van der Waals surface area (Å²) in [6, 6.07) is 7.14. The summed E-state index contributed by atoms with van der Waals surface area (Å²) in [5, 5.41) is 13.1. The lowest BCUT2D eigenvalue weighted by Crippen LogP contribution is -2.25. The number of nitrogens with one attached hydrogen (secondary N) is 1. The number of phenolic OH excluding ortho intramolecular Hbond substituents is 1. The number of phenols is 1. The fraction of sp³-hybridized carbons (Fsp3) is 0.231. The number of hydrogen-bond acceptors (Lipinski definition) is 4. The fourth-order valence-electron chi connectivity index (χ4n) is 2.03.